The Bertz CT molecular complexity index is 36.5. The van der Waals surface area contributed by atoms with Crippen molar-refractivity contribution >= 4 is 15.9 Å². The molecule has 1 N–H and O–H groups in total. The molecular weight excluding hydrogens is 142 g/mol. The fraction of sp³-hybridized carbons (Fsp3) is 0.500. The summed E-state index contributed by atoms with van der Waals surface area (Å²) in [5.41, 5.74) is 0.846. The molecule has 0 unspecified atom stereocenters. The minimum absolute atomic E-state index is 0.846. The summed E-state index contributed by atoms with van der Waals surface area (Å²) in [6.07, 6.45) is 1.82. The Morgan fingerprint density at radius 3 is 2.67 bits per heavy atom. The van der Waals surface area contributed by atoms with Gasteiger partial charge in [-0.2, -0.15) is 0 Å². The Balaban J connectivity index is 2.49. The van der Waals surface area contributed by atoms with E-state index in [1.165, 1.54) is 0 Å². The number of nitrogens with one attached hydrogen (secondary N) is 1. The van der Waals surface area contributed by atoms with Gasteiger partial charge in [-0.05, 0) is 0 Å². The minimum atomic E-state index is 0.846. The van der Waals surface area contributed by atoms with Crippen molar-refractivity contribution in [3.63, 3.8) is 0 Å². The van der Waals surface area contributed by atoms with Gasteiger partial charge in [0, 0.05) is 6.54 Å². The summed E-state index contributed by atoms with van der Waals surface area (Å²) in [5, 5.41) is 3.00. The van der Waals surface area contributed by atoms with E-state index >= 15 is 0 Å². The molecule has 0 aliphatic heterocycles. The molecule has 0 atom stereocenters. The number of hydrogen-bond donors (Lipinski definition) is 1. The van der Waals surface area contributed by atoms with E-state index < -0.39 is 0 Å². The highest BCUT2D eigenvalue weighted by Gasteiger charge is 1.68. The van der Waals surface area contributed by atoms with E-state index in [-0.39, 0.29) is 0 Å². The SMILES string of the molecule is C=CCNCBr. The highest BCUT2D eigenvalue weighted by molar-refractivity contribution is 9.09. The molecule has 0 aromatic rings. The molecule has 1 nitrogen and oxygen atoms in total. The predicted octanol–water partition coefficient (Wildman–Crippen LogP) is 1.11. The van der Waals surface area contributed by atoms with Crippen molar-refractivity contribution in [2.24, 2.45) is 0 Å². The predicted molar refractivity (Wildman–Crippen MR) is 32.0 cm³/mol. The molecule has 36 valence electrons. The van der Waals surface area contributed by atoms with E-state index in [1.54, 1.807) is 0 Å². The Morgan fingerprint density at radius 1 is 1.83 bits per heavy atom. The lowest BCUT2D eigenvalue weighted by molar-refractivity contribution is 0.901. The molecule has 0 saturated heterocycles. The molecular formula is C4H8BrN. The van der Waals surface area contributed by atoms with E-state index in [0.717, 1.165) is 12.0 Å². The second-order valence-electron chi connectivity index (χ2n) is 0.876. The fourth-order valence-corrected chi connectivity index (χ4v) is 0.386. The van der Waals surface area contributed by atoms with Crippen LogP contribution in [0.3, 0.4) is 0 Å². The fourth-order valence-electron chi connectivity index (χ4n) is 0.157. The molecule has 0 aromatic heterocycles. The van der Waals surface area contributed by atoms with Crippen LogP contribution in [0, 0.1) is 0 Å². The van der Waals surface area contributed by atoms with Crippen molar-refractivity contribution in [2.45, 2.75) is 0 Å². The molecule has 6 heavy (non-hydrogen) atoms. The monoisotopic (exact) mass is 149 g/mol. The zero-order chi connectivity index (χ0) is 4.83. The third kappa shape index (κ3) is 4.18. The van der Waals surface area contributed by atoms with Crippen LogP contribution < -0.4 is 5.32 Å². The van der Waals surface area contributed by atoms with Crippen molar-refractivity contribution in [1.29, 1.82) is 0 Å². The van der Waals surface area contributed by atoms with E-state index in [4.69, 9.17) is 0 Å². The molecule has 0 aromatic carbocycles. The maximum atomic E-state index is 3.51. The number of halogens is 1. The summed E-state index contributed by atoms with van der Waals surface area (Å²) in [7, 11) is 0. The van der Waals surface area contributed by atoms with Gasteiger partial charge in [-0.15, -0.1) is 6.58 Å². The van der Waals surface area contributed by atoms with Gasteiger partial charge >= 0.3 is 0 Å². The molecule has 0 rings (SSSR count). The van der Waals surface area contributed by atoms with Crippen molar-refractivity contribution in [1.82, 2.24) is 5.32 Å². The van der Waals surface area contributed by atoms with Crippen molar-refractivity contribution in [3.8, 4) is 0 Å². The first-order chi connectivity index (χ1) is 2.91. The van der Waals surface area contributed by atoms with Gasteiger partial charge in [0.1, 0.15) is 0 Å². The quantitative estimate of drug-likeness (QED) is 0.275. The van der Waals surface area contributed by atoms with Crippen LogP contribution in [0.5, 0.6) is 0 Å². The summed E-state index contributed by atoms with van der Waals surface area (Å²) >= 11 is 3.19. The Labute approximate surface area is 46.6 Å². The third-order valence-corrected chi connectivity index (χ3v) is 0.780. The smallest absolute Gasteiger partial charge is 0.0519 e. The molecule has 0 aliphatic rings. The average Bonchev–Trinajstić information content (AvgIpc) is 1.61. The Hall–Kier alpha value is 0.180. The summed E-state index contributed by atoms with van der Waals surface area (Å²) in [6.45, 7) is 4.40. The number of hydrogen-bond acceptors (Lipinski definition) is 1. The normalized spacial score (nSPS) is 8.17. The highest BCUT2D eigenvalue weighted by Crippen LogP contribution is 1.69. The van der Waals surface area contributed by atoms with Crippen LogP contribution in [0.15, 0.2) is 12.7 Å². The van der Waals surface area contributed by atoms with E-state index in [2.05, 4.69) is 27.8 Å². The van der Waals surface area contributed by atoms with Crippen LogP contribution in [-0.2, 0) is 0 Å². The van der Waals surface area contributed by atoms with Crippen LogP contribution >= 0.6 is 15.9 Å². The number of alkyl halides is 1. The molecule has 0 saturated carbocycles. The third-order valence-electron chi connectivity index (χ3n) is 0.383. The van der Waals surface area contributed by atoms with Gasteiger partial charge in [0.25, 0.3) is 0 Å². The van der Waals surface area contributed by atoms with Crippen LogP contribution in [0.4, 0.5) is 0 Å². The summed E-state index contributed by atoms with van der Waals surface area (Å²) < 4.78 is 0. The first-order valence-electron chi connectivity index (χ1n) is 1.79. The zero-order valence-corrected chi connectivity index (χ0v) is 5.16. The molecule has 0 spiro atoms. The number of rotatable bonds is 3. The molecule has 0 bridgehead atoms. The summed E-state index contributed by atoms with van der Waals surface area (Å²) in [5.74, 6) is 0. The maximum Gasteiger partial charge on any atom is 0.0519 e. The lowest BCUT2D eigenvalue weighted by Gasteiger charge is -1.86. The molecule has 2 heteroatoms. The molecule has 0 aliphatic carbocycles. The standard InChI is InChI=1S/C4H8BrN/c1-2-3-6-4-5/h2,6H,1,3-4H2. The van der Waals surface area contributed by atoms with Gasteiger partial charge in [0.15, 0.2) is 0 Å². The molecule has 0 heterocycles. The van der Waals surface area contributed by atoms with E-state index in [1.807, 2.05) is 6.08 Å². The van der Waals surface area contributed by atoms with E-state index in [0.29, 0.717) is 0 Å². The summed E-state index contributed by atoms with van der Waals surface area (Å²) in [4.78, 5) is 0. The van der Waals surface area contributed by atoms with Gasteiger partial charge in [-0.25, -0.2) is 0 Å². The molecule has 0 radical (unpaired) electrons. The Kier molecular flexibility index (Phi) is 5.34. The topological polar surface area (TPSA) is 12.0 Å². The molecule has 0 amide bonds. The highest BCUT2D eigenvalue weighted by atomic mass is 79.9. The van der Waals surface area contributed by atoms with E-state index in [9.17, 15) is 0 Å². The van der Waals surface area contributed by atoms with Gasteiger partial charge < -0.3 is 5.32 Å². The van der Waals surface area contributed by atoms with Gasteiger partial charge in [-0.3, -0.25) is 0 Å². The first kappa shape index (κ1) is 6.18. The van der Waals surface area contributed by atoms with Crippen molar-refractivity contribution in [2.75, 3.05) is 12.0 Å². The van der Waals surface area contributed by atoms with Gasteiger partial charge in [-0.1, -0.05) is 22.0 Å². The van der Waals surface area contributed by atoms with Crippen LogP contribution in [0.2, 0.25) is 0 Å². The lowest BCUT2D eigenvalue weighted by Crippen LogP contribution is -2.08. The molecule has 0 fully saturated rings. The lowest BCUT2D eigenvalue weighted by atomic mass is 10.6. The van der Waals surface area contributed by atoms with Gasteiger partial charge in [0.2, 0.25) is 0 Å². The van der Waals surface area contributed by atoms with Crippen molar-refractivity contribution in [3.05, 3.63) is 12.7 Å². The summed E-state index contributed by atoms with van der Waals surface area (Å²) in [6, 6.07) is 0. The maximum absolute atomic E-state index is 3.51. The first-order valence-corrected chi connectivity index (χ1v) is 2.91. The largest absolute Gasteiger partial charge is 0.304 e. The minimum Gasteiger partial charge on any atom is -0.304 e. The van der Waals surface area contributed by atoms with Crippen LogP contribution in [0.1, 0.15) is 0 Å². The average molecular weight is 150 g/mol. The van der Waals surface area contributed by atoms with Crippen molar-refractivity contribution < 1.29 is 0 Å². The Morgan fingerprint density at radius 2 is 2.50 bits per heavy atom. The second kappa shape index (κ2) is 5.18. The van der Waals surface area contributed by atoms with Crippen LogP contribution in [0.25, 0.3) is 0 Å². The van der Waals surface area contributed by atoms with Crippen LogP contribution in [-0.4, -0.2) is 12.0 Å². The zero-order valence-electron chi connectivity index (χ0n) is 3.58. The second-order valence-corrected chi connectivity index (χ2v) is 1.44. The van der Waals surface area contributed by atoms with Gasteiger partial charge in [0.05, 0.1) is 5.45 Å².